The Labute approximate surface area is 168 Å². The smallest absolute Gasteiger partial charge is 0.253 e. The van der Waals surface area contributed by atoms with Gasteiger partial charge >= 0.3 is 0 Å². The van der Waals surface area contributed by atoms with Crippen molar-refractivity contribution in [2.24, 2.45) is 0 Å². The molecule has 0 saturated carbocycles. The number of carbonyl (C=O) groups excluding carboxylic acids is 1. The van der Waals surface area contributed by atoms with E-state index in [-0.39, 0.29) is 11.9 Å². The van der Waals surface area contributed by atoms with E-state index < -0.39 is 0 Å². The van der Waals surface area contributed by atoms with E-state index >= 15 is 0 Å². The highest BCUT2D eigenvalue weighted by Crippen LogP contribution is 2.30. The van der Waals surface area contributed by atoms with Gasteiger partial charge in [0.1, 0.15) is 12.4 Å². The summed E-state index contributed by atoms with van der Waals surface area (Å²) in [5.74, 6) is 0.924. The second-order valence-corrected chi connectivity index (χ2v) is 7.85. The molecule has 2 aromatic rings. The van der Waals surface area contributed by atoms with Crippen LogP contribution in [0.3, 0.4) is 0 Å². The number of carbonyl (C=O) groups is 1. The quantitative estimate of drug-likeness (QED) is 0.739. The van der Waals surface area contributed by atoms with Crippen molar-refractivity contribution in [1.29, 1.82) is 0 Å². The van der Waals surface area contributed by atoms with E-state index in [1.54, 1.807) is 0 Å². The van der Waals surface area contributed by atoms with Gasteiger partial charge in [0, 0.05) is 37.3 Å². The van der Waals surface area contributed by atoms with Gasteiger partial charge in [-0.15, -0.1) is 0 Å². The van der Waals surface area contributed by atoms with E-state index in [9.17, 15) is 4.79 Å². The highest BCUT2D eigenvalue weighted by molar-refractivity contribution is 5.95. The fourth-order valence-corrected chi connectivity index (χ4v) is 3.59. The van der Waals surface area contributed by atoms with Crippen LogP contribution >= 0.6 is 0 Å². The maximum absolute atomic E-state index is 13.0. The lowest BCUT2D eigenvalue weighted by atomic mass is 10.0. The maximum Gasteiger partial charge on any atom is 0.253 e. The molecule has 5 heteroatoms. The molecule has 1 atom stereocenters. The summed E-state index contributed by atoms with van der Waals surface area (Å²) >= 11 is 0. The Hall–Kier alpha value is -2.37. The number of ether oxygens (including phenoxy) is 1. The first-order valence-corrected chi connectivity index (χ1v) is 9.88. The number of likely N-dealkylation sites (N-methyl/N-ethyl adjacent to an activating group) is 3. The van der Waals surface area contributed by atoms with E-state index in [0.29, 0.717) is 6.61 Å². The Bertz CT molecular complexity index is 806. The molecule has 0 bridgehead atoms. The minimum absolute atomic E-state index is 0.0770. The van der Waals surface area contributed by atoms with Crippen LogP contribution < -0.4 is 4.74 Å². The first-order valence-electron chi connectivity index (χ1n) is 9.88. The van der Waals surface area contributed by atoms with E-state index in [2.05, 4.69) is 16.8 Å². The third-order valence-corrected chi connectivity index (χ3v) is 5.34. The highest BCUT2D eigenvalue weighted by Gasteiger charge is 2.27. The fourth-order valence-electron chi connectivity index (χ4n) is 3.59. The largest absolute Gasteiger partial charge is 0.492 e. The van der Waals surface area contributed by atoms with Gasteiger partial charge in [0.05, 0.1) is 0 Å². The van der Waals surface area contributed by atoms with Crippen molar-refractivity contribution < 1.29 is 9.53 Å². The molecule has 28 heavy (non-hydrogen) atoms. The first-order chi connectivity index (χ1) is 13.5. The van der Waals surface area contributed by atoms with E-state index in [1.807, 2.05) is 74.6 Å². The normalized spacial score (nSPS) is 17.1. The van der Waals surface area contributed by atoms with Crippen molar-refractivity contribution >= 4 is 5.91 Å². The summed E-state index contributed by atoms with van der Waals surface area (Å²) in [5.41, 5.74) is 2.74. The van der Waals surface area contributed by atoms with Crippen LogP contribution in [0.15, 0.2) is 48.5 Å². The Morgan fingerprint density at radius 2 is 1.93 bits per heavy atom. The number of para-hydroxylation sites is 1. The molecule has 2 aromatic carbocycles. The third-order valence-electron chi connectivity index (χ3n) is 5.34. The third kappa shape index (κ3) is 4.91. The van der Waals surface area contributed by atoms with E-state index in [4.69, 9.17) is 4.74 Å². The summed E-state index contributed by atoms with van der Waals surface area (Å²) in [5, 5.41) is 0. The summed E-state index contributed by atoms with van der Waals surface area (Å²) in [4.78, 5) is 19.3. The Kier molecular flexibility index (Phi) is 6.70. The number of hydrogen-bond donors (Lipinski definition) is 0. The molecule has 1 heterocycles. The molecule has 0 radical (unpaired) electrons. The molecule has 1 amide bonds. The molecule has 1 fully saturated rings. The van der Waals surface area contributed by atoms with Gasteiger partial charge in [-0.3, -0.25) is 4.79 Å². The van der Waals surface area contributed by atoms with Gasteiger partial charge in [0.15, 0.2) is 0 Å². The number of hydrogen-bond acceptors (Lipinski definition) is 4. The Morgan fingerprint density at radius 1 is 1.14 bits per heavy atom. The molecule has 1 unspecified atom stereocenters. The van der Waals surface area contributed by atoms with Crippen LogP contribution in [0, 0.1) is 0 Å². The zero-order chi connectivity index (χ0) is 20.1. The first kappa shape index (κ1) is 20.4. The number of amides is 1. The number of nitrogens with zero attached hydrogens (tertiary/aromatic N) is 3. The molecule has 0 spiro atoms. The van der Waals surface area contributed by atoms with E-state index in [0.717, 1.165) is 48.5 Å². The summed E-state index contributed by atoms with van der Waals surface area (Å²) < 4.78 is 6.00. The molecule has 0 aromatic heterocycles. The average Bonchev–Trinajstić information content (AvgIpc) is 3.13. The van der Waals surface area contributed by atoms with Crippen LogP contribution in [0.2, 0.25) is 0 Å². The van der Waals surface area contributed by atoms with Crippen LogP contribution in [0.5, 0.6) is 5.75 Å². The standard InChI is InChI=1S/C23H31N3O2/c1-24(2)14-15-28-22-11-6-5-10-21(22)18-8-7-9-19(16-18)23(27)26(4)20-12-13-25(3)17-20/h5-11,16,20H,12-15,17H2,1-4H3. The van der Waals surface area contributed by atoms with Gasteiger partial charge in [-0.25, -0.2) is 0 Å². The van der Waals surface area contributed by atoms with Crippen LogP contribution in [-0.4, -0.2) is 81.1 Å². The summed E-state index contributed by atoms with van der Waals surface area (Å²) in [6.45, 7) is 3.46. The molecule has 0 N–H and O–H groups in total. The summed E-state index contributed by atoms with van der Waals surface area (Å²) in [6.07, 6.45) is 1.03. The molecule has 5 nitrogen and oxygen atoms in total. The van der Waals surface area contributed by atoms with Crippen molar-refractivity contribution in [1.82, 2.24) is 14.7 Å². The highest BCUT2D eigenvalue weighted by atomic mass is 16.5. The minimum atomic E-state index is 0.0770. The van der Waals surface area contributed by atoms with Crippen LogP contribution in [0.25, 0.3) is 11.1 Å². The predicted octanol–water partition coefficient (Wildman–Crippen LogP) is 3.07. The van der Waals surface area contributed by atoms with Crippen molar-refractivity contribution in [3.63, 3.8) is 0 Å². The second-order valence-electron chi connectivity index (χ2n) is 7.85. The zero-order valence-electron chi connectivity index (χ0n) is 17.4. The lowest BCUT2D eigenvalue weighted by Gasteiger charge is -2.24. The maximum atomic E-state index is 13.0. The van der Waals surface area contributed by atoms with Crippen LogP contribution in [-0.2, 0) is 0 Å². The Balaban J connectivity index is 1.79. The molecule has 1 aliphatic rings. The zero-order valence-corrected chi connectivity index (χ0v) is 17.4. The topological polar surface area (TPSA) is 36.0 Å². The lowest BCUT2D eigenvalue weighted by molar-refractivity contribution is 0.0737. The number of benzene rings is 2. The van der Waals surface area contributed by atoms with Gasteiger partial charge in [0.25, 0.3) is 5.91 Å². The lowest BCUT2D eigenvalue weighted by Crippen LogP contribution is -2.38. The second kappa shape index (κ2) is 9.22. The Morgan fingerprint density at radius 3 is 2.64 bits per heavy atom. The number of likely N-dealkylation sites (tertiary alicyclic amines) is 1. The van der Waals surface area contributed by atoms with Crippen molar-refractivity contribution in [2.75, 3.05) is 54.4 Å². The van der Waals surface area contributed by atoms with Crippen LogP contribution in [0.4, 0.5) is 0 Å². The molecule has 3 rings (SSSR count). The molecule has 150 valence electrons. The van der Waals surface area contributed by atoms with Gasteiger partial charge < -0.3 is 19.4 Å². The van der Waals surface area contributed by atoms with Crippen molar-refractivity contribution in [3.05, 3.63) is 54.1 Å². The summed E-state index contributed by atoms with van der Waals surface area (Å²) in [6, 6.07) is 16.2. The van der Waals surface area contributed by atoms with Gasteiger partial charge in [-0.1, -0.05) is 30.3 Å². The van der Waals surface area contributed by atoms with Crippen molar-refractivity contribution in [3.8, 4) is 16.9 Å². The predicted molar refractivity (Wildman–Crippen MR) is 114 cm³/mol. The van der Waals surface area contributed by atoms with Crippen molar-refractivity contribution in [2.45, 2.75) is 12.5 Å². The molecule has 0 aliphatic carbocycles. The average molecular weight is 382 g/mol. The molecular formula is C23H31N3O2. The van der Waals surface area contributed by atoms with Crippen LogP contribution in [0.1, 0.15) is 16.8 Å². The van der Waals surface area contributed by atoms with Gasteiger partial charge in [-0.05, 0) is 57.9 Å². The molecule has 1 aliphatic heterocycles. The van der Waals surface area contributed by atoms with Gasteiger partial charge in [0.2, 0.25) is 0 Å². The number of rotatable bonds is 7. The monoisotopic (exact) mass is 381 g/mol. The molecule has 1 saturated heterocycles. The molecular weight excluding hydrogens is 350 g/mol. The summed E-state index contributed by atoms with van der Waals surface area (Å²) in [7, 11) is 8.08. The minimum Gasteiger partial charge on any atom is -0.492 e. The van der Waals surface area contributed by atoms with E-state index in [1.165, 1.54) is 0 Å². The van der Waals surface area contributed by atoms with Gasteiger partial charge in [-0.2, -0.15) is 0 Å². The SMILES string of the molecule is CN(C)CCOc1ccccc1-c1cccc(C(=O)N(C)C2CCN(C)C2)c1. The fraction of sp³-hybridized carbons (Fsp3) is 0.435.